The van der Waals surface area contributed by atoms with Gasteiger partial charge in [0.2, 0.25) is 0 Å². The van der Waals surface area contributed by atoms with E-state index in [-0.39, 0.29) is 18.7 Å². The van der Waals surface area contributed by atoms with Crippen LogP contribution in [0.5, 0.6) is 0 Å². The Bertz CT molecular complexity index is 356. The third-order valence-electron chi connectivity index (χ3n) is 3.30. The van der Waals surface area contributed by atoms with E-state index in [1.807, 2.05) is 6.08 Å². The van der Waals surface area contributed by atoms with Gasteiger partial charge in [-0.3, -0.25) is 0 Å². The summed E-state index contributed by atoms with van der Waals surface area (Å²) in [4.78, 5) is 0. The van der Waals surface area contributed by atoms with E-state index in [0.29, 0.717) is 5.92 Å². The molecule has 1 aromatic rings. The lowest BCUT2D eigenvalue weighted by Gasteiger charge is -2.27. The van der Waals surface area contributed by atoms with Crippen molar-refractivity contribution in [1.82, 2.24) is 5.32 Å². The smallest absolute Gasteiger partial charge is 0.0587 e. The Morgan fingerprint density at radius 1 is 1.28 bits per heavy atom. The Hall–Kier alpha value is -1.12. The fourth-order valence-electron chi connectivity index (χ4n) is 1.98. The third kappa shape index (κ3) is 4.28. The largest absolute Gasteiger partial charge is 0.395 e. The normalized spacial score (nSPS) is 14.5. The van der Waals surface area contributed by atoms with Gasteiger partial charge in [-0.05, 0) is 24.8 Å². The van der Waals surface area contributed by atoms with Crippen molar-refractivity contribution in [3.05, 3.63) is 48.0 Å². The number of aliphatic hydroxyl groups is 1. The maximum atomic E-state index is 9.42. The molecular formula is C16H25NO. The van der Waals surface area contributed by atoms with Gasteiger partial charge in [0.05, 0.1) is 6.61 Å². The summed E-state index contributed by atoms with van der Waals surface area (Å²) in [7, 11) is 0. The zero-order chi connectivity index (χ0) is 13.5. The molecule has 1 aromatic carbocycles. The Morgan fingerprint density at radius 3 is 2.33 bits per heavy atom. The lowest BCUT2D eigenvalue weighted by molar-refractivity contribution is 0.199. The minimum atomic E-state index is 0.122. The molecule has 100 valence electrons. The summed E-state index contributed by atoms with van der Waals surface area (Å²) in [5.41, 5.74) is 2.51. The molecule has 0 bridgehead atoms. The Labute approximate surface area is 111 Å². The van der Waals surface area contributed by atoms with Crippen molar-refractivity contribution < 1.29 is 5.11 Å². The summed E-state index contributed by atoms with van der Waals surface area (Å²) >= 11 is 0. The van der Waals surface area contributed by atoms with Gasteiger partial charge in [-0.15, -0.1) is 6.58 Å². The number of nitrogens with one attached hydrogen (secondary N) is 1. The monoisotopic (exact) mass is 247 g/mol. The quantitative estimate of drug-likeness (QED) is 0.725. The first-order valence-corrected chi connectivity index (χ1v) is 6.62. The van der Waals surface area contributed by atoms with Gasteiger partial charge in [-0.2, -0.15) is 0 Å². The summed E-state index contributed by atoms with van der Waals surface area (Å²) in [5.74, 6) is 0.410. The number of rotatable bonds is 7. The van der Waals surface area contributed by atoms with Crippen LogP contribution in [0.15, 0.2) is 36.9 Å². The summed E-state index contributed by atoms with van der Waals surface area (Å²) < 4.78 is 0. The van der Waals surface area contributed by atoms with Crippen LogP contribution < -0.4 is 5.32 Å². The topological polar surface area (TPSA) is 32.3 Å². The van der Waals surface area contributed by atoms with Crippen molar-refractivity contribution >= 4 is 0 Å². The highest BCUT2D eigenvalue weighted by Crippen LogP contribution is 2.20. The standard InChI is InChI=1S/C16H25NO/c1-5-6-15(17-16(11-18)12(2)3)14-9-7-13(4)8-10-14/h5,7-10,12,15-18H,1,6,11H2,2-4H3/t15-,16+/m0/s1. The highest BCUT2D eigenvalue weighted by molar-refractivity contribution is 5.24. The number of aliphatic hydroxyl groups excluding tert-OH is 1. The Kier molecular flexibility index (Phi) is 6.10. The van der Waals surface area contributed by atoms with Crippen LogP contribution in [0.2, 0.25) is 0 Å². The molecular weight excluding hydrogens is 222 g/mol. The van der Waals surface area contributed by atoms with Crippen LogP contribution in [0.3, 0.4) is 0 Å². The van der Waals surface area contributed by atoms with Crippen LogP contribution in [0.4, 0.5) is 0 Å². The van der Waals surface area contributed by atoms with E-state index < -0.39 is 0 Å². The summed E-state index contributed by atoms with van der Waals surface area (Å²) in [6.45, 7) is 10.3. The fourth-order valence-corrected chi connectivity index (χ4v) is 1.98. The molecule has 0 aromatic heterocycles. The molecule has 0 amide bonds. The van der Waals surface area contributed by atoms with E-state index in [4.69, 9.17) is 0 Å². The minimum Gasteiger partial charge on any atom is -0.395 e. The summed E-state index contributed by atoms with van der Waals surface area (Å²) in [6.07, 6.45) is 2.79. The highest BCUT2D eigenvalue weighted by Gasteiger charge is 2.17. The van der Waals surface area contributed by atoms with Crippen molar-refractivity contribution in [2.75, 3.05) is 6.61 Å². The third-order valence-corrected chi connectivity index (χ3v) is 3.30. The Balaban J connectivity index is 2.81. The molecule has 2 N–H and O–H groups in total. The molecule has 0 aliphatic carbocycles. The number of benzene rings is 1. The molecule has 2 atom stereocenters. The predicted octanol–water partition coefficient (Wildman–Crippen LogP) is 3.22. The second-order valence-corrected chi connectivity index (χ2v) is 5.19. The molecule has 2 nitrogen and oxygen atoms in total. The zero-order valence-corrected chi connectivity index (χ0v) is 11.7. The average Bonchev–Trinajstić information content (AvgIpc) is 2.35. The molecule has 0 spiro atoms. The van der Waals surface area contributed by atoms with Gasteiger partial charge in [0.15, 0.2) is 0 Å². The molecule has 18 heavy (non-hydrogen) atoms. The summed E-state index contributed by atoms with van der Waals surface area (Å²) in [6, 6.07) is 8.88. The molecule has 0 radical (unpaired) electrons. The van der Waals surface area contributed by atoms with Gasteiger partial charge < -0.3 is 10.4 Å². The molecule has 0 aliphatic rings. The molecule has 0 heterocycles. The van der Waals surface area contributed by atoms with Crippen molar-refractivity contribution in [2.24, 2.45) is 5.92 Å². The first-order valence-electron chi connectivity index (χ1n) is 6.62. The molecule has 0 saturated carbocycles. The van der Waals surface area contributed by atoms with Crippen LogP contribution in [0.1, 0.15) is 37.4 Å². The maximum absolute atomic E-state index is 9.42. The molecule has 0 saturated heterocycles. The predicted molar refractivity (Wildman–Crippen MR) is 77.6 cm³/mol. The van der Waals surface area contributed by atoms with Crippen LogP contribution in [0.25, 0.3) is 0 Å². The van der Waals surface area contributed by atoms with Crippen LogP contribution in [-0.2, 0) is 0 Å². The first-order chi connectivity index (χ1) is 8.58. The lowest BCUT2D eigenvalue weighted by Crippen LogP contribution is -2.39. The second-order valence-electron chi connectivity index (χ2n) is 5.19. The molecule has 0 fully saturated rings. The summed E-state index contributed by atoms with van der Waals surface area (Å²) in [5, 5.41) is 12.9. The lowest BCUT2D eigenvalue weighted by atomic mass is 9.98. The molecule has 1 rings (SSSR count). The molecule has 0 aliphatic heterocycles. The van der Waals surface area contributed by atoms with E-state index >= 15 is 0 Å². The van der Waals surface area contributed by atoms with Gasteiger partial charge >= 0.3 is 0 Å². The molecule has 0 unspecified atom stereocenters. The van der Waals surface area contributed by atoms with Gasteiger partial charge in [0.25, 0.3) is 0 Å². The van der Waals surface area contributed by atoms with E-state index in [1.165, 1.54) is 11.1 Å². The van der Waals surface area contributed by atoms with E-state index in [0.717, 1.165) is 6.42 Å². The van der Waals surface area contributed by atoms with Crippen molar-refractivity contribution in [2.45, 2.75) is 39.3 Å². The second kappa shape index (κ2) is 7.34. The van der Waals surface area contributed by atoms with Gasteiger partial charge in [0.1, 0.15) is 0 Å². The number of hydrogen-bond acceptors (Lipinski definition) is 2. The number of hydrogen-bond donors (Lipinski definition) is 2. The average molecular weight is 247 g/mol. The van der Waals surface area contributed by atoms with Crippen LogP contribution in [0, 0.1) is 12.8 Å². The van der Waals surface area contributed by atoms with Crippen molar-refractivity contribution in [1.29, 1.82) is 0 Å². The van der Waals surface area contributed by atoms with Crippen LogP contribution >= 0.6 is 0 Å². The van der Waals surface area contributed by atoms with E-state index in [9.17, 15) is 5.11 Å². The van der Waals surface area contributed by atoms with Crippen molar-refractivity contribution in [3.8, 4) is 0 Å². The van der Waals surface area contributed by atoms with Crippen LogP contribution in [-0.4, -0.2) is 17.8 Å². The van der Waals surface area contributed by atoms with Gasteiger partial charge in [-0.1, -0.05) is 49.8 Å². The van der Waals surface area contributed by atoms with Crippen molar-refractivity contribution in [3.63, 3.8) is 0 Å². The first kappa shape index (κ1) is 14.9. The minimum absolute atomic E-state index is 0.122. The fraction of sp³-hybridized carbons (Fsp3) is 0.500. The molecule has 2 heteroatoms. The zero-order valence-electron chi connectivity index (χ0n) is 11.7. The van der Waals surface area contributed by atoms with Gasteiger partial charge in [0, 0.05) is 12.1 Å². The SMILES string of the molecule is C=CC[C@H](N[C@H](CO)C(C)C)c1ccc(C)cc1. The maximum Gasteiger partial charge on any atom is 0.0587 e. The van der Waals surface area contributed by atoms with E-state index in [2.05, 4.69) is 56.9 Å². The van der Waals surface area contributed by atoms with Gasteiger partial charge in [-0.25, -0.2) is 0 Å². The highest BCUT2D eigenvalue weighted by atomic mass is 16.3. The van der Waals surface area contributed by atoms with E-state index in [1.54, 1.807) is 0 Å². The Morgan fingerprint density at radius 2 is 1.89 bits per heavy atom. The number of aryl methyl sites for hydroxylation is 1.